The molecule has 0 aliphatic rings. The smallest absolute Gasteiger partial charge is 0.156 e. The van der Waals surface area contributed by atoms with Crippen molar-refractivity contribution in [1.82, 2.24) is 15.0 Å². The van der Waals surface area contributed by atoms with E-state index in [9.17, 15) is 0 Å². The van der Waals surface area contributed by atoms with Gasteiger partial charge in [-0.25, -0.2) is 9.97 Å². The maximum absolute atomic E-state index is 6.05. The molecular weight excluding hydrogens is 292 g/mol. The van der Waals surface area contributed by atoms with Crippen LogP contribution in [-0.4, -0.2) is 35.5 Å². The Labute approximate surface area is 135 Å². The molecule has 0 aliphatic carbocycles. The molecule has 2 aromatic heterocycles. The Balaban J connectivity index is 1.99. The third-order valence-corrected chi connectivity index (χ3v) is 4.10. The second-order valence-corrected chi connectivity index (χ2v) is 5.65. The number of anilines is 1. The van der Waals surface area contributed by atoms with Crippen molar-refractivity contribution >= 4 is 27.8 Å². The molecule has 3 N–H and O–H groups in total. The minimum Gasteiger partial charge on any atom is -0.382 e. The number of methoxy groups -OCH3 is 2. The molecule has 2 heterocycles. The number of imidazole rings is 1. The Morgan fingerprint density at radius 3 is 2.74 bits per heavy atom. The molecule has 122 valence electrons. The summed E-state index contributed by atoms with van der Waals surface area (Å²) in [5.41, 5.74) is 9.86. The maximum Gasteiger partial charge on any atom is 0.156 e. The molecule has 23 heavy (non-hydrogen) atoms. The number of ether oxygens (including phenoxy) is 2. The summed E-state index contributed by atoms with van der Waals surface area (Å²) in [5.74, 6) is 1.33. The van der Waals surface area contributed by atoms with Gasteiger partial charge in [-0.3, -0.25) is 0 Å². The quantitative estimate of drug-likeness (QED) is 0.683. The Morgan fingerprint density at radius 2 is 2.00 bits per heavy atom. The molecule has 0 unspecified atom stereocenters. The summed E-state index contributed by atoms with van der Waals surface area (Å²) in [6.45, 7) is 1.93. The average molecular weight is 314 g/mol. The second-order valence-electron chi connectivity index (χ2n) is 5.65. The van der Waals surface area contributed by atoms with Crippen LogP contribution in [0.25, 0.3) is 21.9 Å². The van der Waals surface area contributed by atoms with Gasteiger partial charge >= 0.3 is 0 Å². The number of nitrogens with one attached hydrogen (secondary N) is 1. The molecule has 0 fully saturated rings. The molecule has 0 amide bonds. The number of rotatable bonds is 6. The Bertz CT molecular complexity index is 824. The Morgan fingerprint density at radius 1 is 1.22 bits per heavy atom. The van der Waals surface area contributed by atoms with Gasteiger partial charge in [-0.15, -0.1) is 0 Å². The third kappa shape index (κ3) is 3.00. The number of benzene rings is 1. The number of H-pyrrole nitrogens is 1. The van der Waals surface area contributed by atoms with E-state index in [2.05, 4.69) is 21.0 Å². The van der Waals surface area contributed by atoms with Crippen molar-refractivity contribution in [3.05, 3.63) is 29.6 Å². The number of aromatic amines is 1. The van der Waals surface area contributed by atoms with Crippen LogP contribution >= 0.6 is 0 Å². The van der Waals surface area contributed by atoms with Gasteiger partial charge in [-0.2, -0.15) is 0 Å². The molecule has 0 aliphatic heterocycles. The highest BCUT2D eigenvalue weighted by molar-refractivity contribution is 6.07. The van der Waals surface area contributed by atoms with E-state index >= 15 is 0 Å². The summed E-state index contributed by atoms with van der Waals surface area (Å²) in [6.07, 6.45) is 2.55. The van der Waals surface area contributed by atoms with Crippen LogP contribution in [0.5, 0.6) is 0 Å². The number of aryl methyl sites for hydroxylation is 2. The van der Waals surface area contributed by atoms with Crippen LogP contribution in [-0.2, 0) is 15.9 Å². The highest BCUT2D eigenvalue weighted by Crippen LogP contribution is 2.29. The summed E-state index contributed by atoms with van der Waals surface area (Å²) < 4.78 is 10.5. The molecule has 3 rings (SSSR count). The molecular formula is C17H22N4O2. The summed E-state index contributed by atoms with van der Waals surface area (Å²) >= 11 is 0. The van der Waals surface area contributed by atoms with E-state index in [0.29, 0.717) is 5.82 Å². The lowest BCUT2D eigenvalue weighted by molar-refractivity contribution is -0.106. The first-order valence-electron chi connectivity index (χ1n) is 7.73. The van der Waals surface area contributed by atoms with E-state index in [1.807, 2.05) is 19.1 Å². The van der Waals surface area contributed by atoms with Gasteiger partial charge in [0.1, 0.15) is 22.7 Å². The van der Waals surface area contributed by atoms with Gasteiger partial charge in [0, 0.05) is 19.6 Å². The van der Waals surface area contributed by atoms with Crippen molar-refractivity contribution in [3.63, 3.8) is 0 Å². The van der Waals surface area contributed by atoms with E-state index in [1.54, 1.807) is 14.2 Å². The lowest BCUT2D eigenvalue weighted by atomic mass is 10.0. The highest BCUT2D eigenvalue weighted by atomic mass is 16.7. The minimum absolute atomic E-state index is 0.161. The molecule has 0 spiro atoms. The van der Waals surface area contributed by atoms with E-state index in [4.69, 9.17) is 15.2 Å². The number of pyridine rings is 1. The normalized spacial score (nSPS) is 11.8. The third-order valence-electron chi connectivity index (χ3n) is 4.10. The zero-order chi connectivity index (χ0) is 16.4. The van der Waals surface area contributed by atoms with Crippen LogP contribution < -0.4 is 5.73 Å². The average Bonchev–Trinajstić information content (AvgIpc) is 2.94. The molecule has 1 aromatic carbocycles. The maximum atomic E-state index is 6.05. The van der Waals surface area contributed by atoms with E-state index < -0.39 is 0 Å². The highest BCUT2D eigenvalue weighted by Gasteiger charge is 2.14. The lowest BCUT2D eigenvalue weighted by Crippen LogP contribution is -2.12. The summed E-state index contributed by atoms with van der Waals surface area (Å²) in [4.78, 5) is 12.3. The predicted molar refractivity (Wildman–Crippen MR) is 91.3 cm³/mol. The van der Waals surface area contributed by atoms with Gasteiger partial charge in [-0.05, 0) is 37.8 Å². The fraction of sp³-hybridized carbons (Fsp3) is 0.412. The first-order chi connectivity index (χ1) is 11.1. The molecule has 0 saturated carbocycles. The molecule has 6 heteroatoms. The van der Waals surface area contributed by atoms with Crippen molar-refractivity contribution in [2.45, 2.75) is 32.5 Å². The number of hydrogen-bond acceptors (Lipinski definition) is 5. The topological polar surface area (TPSA) is 86.0 Å². The van der Waals surface area contributed by atoms with Crippen LogP contribution in [0.3, 0.4) is 0 Å². The van der Waals surface area contributed by atoms with Gasteiger partial charge in [0.25, 0.3) is 0 Å². The van der Waals surface area contributed by atoms with Crippen molar-refractivity contribution in [1.29, 1.82) is 0 Å². The van der Waals surface area contributed by atoms with Crippen LogP contribution in [0.1, 0.15) is 24.2 Å². The minimum atomic E-state index is -0.161. The standard InChI is InChI=1S/C17H22N4O2/c1-10-19-15-14-11(7-5-9-13(22-2)23-3)6-4-8-12(14)21-17(18)16(15)20-10/h4,6,8,13H,5,7,9H2,1-3H3,(H2,18,21)(H,19,20). The number of nitrogens with zero attached hydrogens (tertiary/aromatic N) is 2. The molecule has 0 saturated heterocycles. The van der Waals surface area contributed by atoms with Crippen LogP contribution in [0.4, 0.5) is 5.82 Å². The predicted octanol–water partition coefficient (Wildman–Crippen LogP) is 2.94. The van der Waals surface area contributed by atoms with Gasteiger partial charge in [0.2, 0.25) is 0 Å². The zero-order valence-corrected chi connectivity index (χ0v) is 13.7. The Kier molecular flexibility index (Phi) is 4.45. The van der Waals surface area contributed by atoms with Crippen molar-refractivity contribution in [2.24, 2.45) is 0 Å². The van der Waals surface area contributed by atoms with Crippen molar-refractivity contribution in [3.8, 4) is 0 Å². The number of aromatic nitrogens is 3. The monoisotopic (exact) mass is 314 g/mol. The number of nitrogen functional groups attached to an aromatic ring is 1. The molecule has 0 bridgehead atoms. The van der Waals surface area contributed by atoms with E-state index in [-0.39, 0.29) is 6.29 Å². The summed E-state index contributed by atoms with van der Waals surface area (Å²) in [6, 6.07) is 6.11. The first kappa shape index (κ1) is 15.7. The van der Waals surface area contributed by atoms with E-state index in [1.165, 1.54) is 5.56 Å². The zero-order valence-electron chi connectivity index (χ0n) is 13.7. The largest absolute Gasteiger partial charge is 0.382 e. The van der Waals surface area contributed by atoms with Gasteiger partial charge < -0.3 is 20.2 Å². The fourth-order valence-electron chi connectivity index (χ4n) is 3.00. The fourth-order valence-corrected chi connectivity index (χ4v) is 3.00. The van der Waals surface area contributed by atoms with Gasteiger partial charge in [0.15, 0.2) is 6.29 Å². The number of hydrogen-bond donors (Lipinski definition) is 2. The Hall–Kier alpha value is -2.18. The lowest BCUT2D eigenvalue weighted by Gasteiger charge is -2.13. The molecule has 6 nitrogen and oxygen atoms in total. The summed E-state index contributed by atoms with van der Waals surface area (Å²) in [7, 11) is 3.32. The van der Waals surface area contributed by atoms with Gasteiger partial charge in [0.05, 0.1) is 5.52 Å². The SMILES string of the molecule is COC(CCCc1cccc2nc(N)c3[nH]c(C)nc3c12)OC. The molecule has 3 aromatic rings. The van der Waals surface area contributed by atoms with Crippen LogP contribution in [0.15, 0.2) is 18.2 Å². The first-order valence-corrected chi connectivity index (χ1v) is 7.73. The molecule has 0 radical (unpaired) electrons. The van der Waals surface area contributed by atoms with E-state index in [0.717, 1.165) is 47.0 Å². The molecule has 0 atom stereocenters. The number of nitrogens with two attached hydrogens (primary N) is 1. The van der Waals surface area contributed by atoms with Gasteiger partial charge in [-0.1, -0.05) is 12.1 Å². The summed E-state index contributed by atoms with van der Waals surface area (Å²) in [5, 5.41) is 1.08. The number of fused-ring (bicyclic) bond motifs is 3. The van der Waals surface area contributed by atoms with Crippen molar-refractivity contribution < 1.29 is 9.47 Å². The van der Waals surface area contributed by atoms with Crippen molar-refractivity contribution in [2.75, 3.05) is 20.0 Å². The van der Waals surface area contributed by atoms with Crippen LogP contribution in [0, 0.1) is 6.92 Å². The van der Waals surface area contributed by atoms with Crippen LogP contribution in [0.2, 0.25) is 0 Å². The second kappa shape index (κ2) is 6.52.